The Labute approximate surface area is 247 Å². The fraction of sp³-hybridized carbons (Fsp3) is 0. The largest absolute Gasteiger partial charge is 3.00 e. The van der Waals surface area contributed by atoms with Crippen molar-refractivity contribution in [2.75, 3.05) is 0 Å². The molecular weight excluding hydrogens is 551 g/mol. The summed E-state index contributed by atoms with van der Waals surface area (Å²) in [5.41, 5.74) is -0.505. The molecule has 0 aromatic heterocycles. The average molecular weight is 562 g/mol. The number of fused-ring (bicyclic) bond motifs is 2. The summed E-state index contributed by atoms with van der Waals surface area (Å²) in [6, 6.07) is 12.2. The molecule has 0 amide bonds. The van der Waals surface area contributed by atoms with Crippen LogP contribution in [0.2, 0.25) is 0 Å². The van der Waals surface area contributed by atoms with Crippen molar-refractivity contribution < 1.29 is 105 Å². The van der Waals surface area contributed by atoms with Crippen LogP contribution in [0.15, 0.2) is 80.7 Å². The quantitative estimate of drug-likeness (QED) is 0.179. The zero-order valence-electron chi connectivity index (χ0n) is 17.2. The molecule has 0 bridgehead atoms. The fourth-order valence-electron chi connectivity index (χ4n) is 3.23. The van der Waals surface area contributed by atoms with Crippen molar-refractivity contribution in [1.82, 2.24) is 0 Å². The minimum atomic E-state index is -4.95. The Morgan fingerprint density at radius 1 is 0.647 bits per heavy atom. The third kappa shape index (κ3) is 5.69. The van der Waals surface area contributed by atoms with Crippen LogP contribution in [-0.2, 0) is 37.6 Å². The van der Waals surface area contributed by atoms with Gasteiger partial charge in [0.1, 0.15) is 20.2 Å². The van der Waals surface area contributed by atoms with Crippen LogP contribution >= 0.6 is 0 Å². The smallest absolute Gasteiger partial charge is 0.872 e. The van der Waals surface area contributed by atoms with Crippen LogP contribution in [0.25, 0.3) is 21.5 Å². The molecule has 4 aromatic rings. The van der Waals surface area contributed by atoms with Crippen LogP contribution in [0.3, 0.4) is 0 Å². The van der Waals surface area contributed by atoms with Gasteiger partial charge in [-0.2, -0.15) is 5.11 Å². The van der Waals surface area contributed by atoms with E-state index in [9.17, 15) is 36.2 Å². The number of azo groups is 1. The van der Waals surface area contributed by atoms with Gasteiger partial charge in [0, 0.05) is 5.39 Å². The molecule has 0 unspecified atom stereocenters. The Morgan fingerprint density at radius 3 is 1.85 bits per heavy atom. The molecule has 4 aromatic carbocycles. The van der Waals surface area contributed by atoms with Crippen LogP contribution in [0.1, 0.15) is 0 Å². The first-order valence-electron chi connectivity index (χ1n) is 8.77. The molecule has 10 nitrogen and oxygen atoms in total. The third-order valence-corrected chi connectivity index (χ3v) is 6.36. The zero-order chi connectivity index (χ0) is 23.3. The first kappa shape index (κ1) is 28.8. The normalized spacial score (nSPS) is 11.9. The van der Waals surface area contributed by atoms with Gasteiger partial charge in [-0.25, -0.2) is 16.8 Å². The summed E-state index contributed by atoms with van der Waals surface area (Å²) in [4.78, 5) is -1.41. The SMILES string of the molecule is O=S(=O)([O-])c1cc([O-])c2cccc(N=Nc3cc(S(=O)(=O)[O-])c4ccccc4c3[O-])c2c1.[Cr+3].[K+]. The summed E-state index contributed by atoms with van der Waals surface area (Å²) in [5.74, 6) is -1.42. The van der Waals surface area contributed by atoms with Crippen molar-refractivity contribution in [3.05, 3.63) is 60.7 Å². The van der Waals surface area contributed by atoms with Gasteiger partial charge < -0.3 is 19.3 Å². The van der Waals surface area contributed by atoms with Crippen LogP contribution < -0.4 is 61.6 Å². The maximum Gasteiger partial charge on any atom is 3.00 e. The third-order valence-electron chi connectivity index (χ3n) is 4.67. The van der Waals surface area contributed by atoms with Gasteiger partial charge in [-0.3, -0.25) is 0 Å². The molecule has 0 aliphatic heterocycles. The first-order valence-corrected chi connectivity index (χ1v) is 11.6. The molecular formula is C20H10CrKN2O8S2. The predicted octanol–water partition coefficient (Wildman–Crippen LogP) is -0.635. The molecule has 14 heteroatoms. The molecule has 0 spiro atoms. The second-order valence-corrected chi connectivity index (χ2v) is 9.40. The number of benzene rings is 4. The number of rotatable bonds is 4. The summed E-state index contributed by atoms with van der Waals surface area (Å²) < 4.78 is 69.1. The molecule has 0 N–H and O–H groups in total. The van der Waals surface area contributed by atoms with E-state index in [0.717, 1.165) is 12.1 Å². The van der Waals surface area contributed by atoms with E-state index in [1.54, 1.807) is 0 Å². The van der Waals surface area contributed by atoms with Gasteiger partial charge in [0.05, 0.1) is 21.2 Å². The van der Waals surface area contributed by atoms with Crippen LogP contribution in [-0.4, -0.2) is 25.9 Å². The van der Waals surface area contributed by atoms with Crippen molar-refractivity contribution in [2.45, 2.75) is 9.79 Å². The van der Waals surface area contributed by atoms with Crippen molar-refractivity contribution in [1.29, 1.82) is 0 Å². The van der Waals surface area contributed by atoms with E-state index < -0.39 is 47.2 Å². The minimum absolute atomic E-state index is 0. The molecule has 0 aliphatic carbocycles. The molecule has 1 radical (unpaired) electrons. The Balaban J connectivity index is 0.00000204. The minimum Gasteiger partial charge on any atom is -0.872 e. The first-order chi connectivity index (χ1) is 15.0. The molecule has 0 fully saturated rings. The van der Waals surface area contributed by atoms with Crippen LogP contribution in [0.4, 0.5) is 11.4 Å². The summed E-state index contributed by atoms with van der Waals surface area (Å²) in [6.07, 6.45) is 0. The van der Waals surface area contributed by atoms with Crippen LogP contribution in [0.5, 0.6) is 11.5 Å². The Kier molecular flexibility index (Phi) is 9.06. The van der Waals surface area contributed by atoms with E-state index >= 15 is 0 Å². The molecule has 34 heavy (non-hydrogen) atoms. The van der Waals surface area contributed by atoms with Crippen molar-refractivity contribution in [3.63, 3.8) is 0 Å². The van der Waals surface area contributed by atoms with Gasteiger partial charge in [0.2, 0.25) is 0 Å². The molecule has 167 valence electrons. The van der Waals surface area contributed by atoms with Gasteiger partial charge in [-0.1, -0.05) is 54.0 Å². The Bertz CT molecular complexity index is 1660. The second kappa shape index (κ2) is 10.7. The van der Waals surface area contributed by atoms with Gasteiger partial charge in [-0.15, -0.1) is 5.11 Å². The van der Waals surface area contributed by atoms with E-state index in [-0.39, 0.29) is 96.0 Å². The van der Waals surface area contributed by atoms with Gasteiger partial charge >= 0.3 is 68.7 Å². The second-order valence-electron chi connectivity index (χ2n) is 6.67. The van der Waals surface area contributed by atoms with E-state index in [1.807, 2.05) is 0 Å². The Morgan fingerprint density at radius 2 is 1.24 bits per heavy atom. The molecule has 0 saturated heterocycles. The summed E-state index contributed by atoms with van der Waals surface area (Å²) in [6.45, 7) is 0. The summed E-state index contributed by atoms with van der Waals surface area (Å²) in [5, 5.41) is 32.4. The van der Waals surface area contributed by atoms with Crippen molar-refractivity contribution in [2.24, 2.45) is 10.2 Å². The summed E-state index contributed by atoms with van der Waals surface area (Å²) >= 11 is 0. The van der Waals surface area contributed by atoms with Gasteiger partial charge in [-0.05, 0) is 34.4 Å². The fourth-order valence-corrected chi connectivity index (χ4v) is 4.45. The summed E-state index contributed by atoms with van der Waals surface area (Å²) in [7, 11) is -9.87. The average Bonchev–Trinajstić information content (AvgIpc) is 2.72. The number of hydrogen-bond donors (Lipinski definition) is 0. The van der Waals surface area contributed by atoms with Crippen molar-refractivity contribution >= 4 is 53.2 Å². The maximum absolute atomic E-state index is 12.7. The van der Waals surface area contributed by atoms with E-state index in [4.69, 9.17) is 0 Å². The molecule has 4 rings (SSSR count). The van der Waals surface area contributed by atoms with E-state index in [1.165, 1.54) is 42.5 Å². The van der Waals surface area contributed by atoms with E-state index in [2.05, 4.69) is 10.2 Å². The zero-order valence-corrected chi connectivity index (χ0v) is 23.2. The van der Waals surface area contributed by atoms with E-state index in [0.29, 0.717) is 6.07 Å². The van der Waals surface area contributed by atoms with Crippen molar-refractivity contribution in [3.8, 4) is 11.5 Å². The maximum atomic E-state index is 12.7. The Hall–Kier alpha value is -1.41. The molecule has 0 saturated carbocycles. The molecule has 0 atom stereocenters. The molecule has 0 aliphatic rings. The monoisotopic (exact) mass is 561 g/mol. The topological polar surface area (TPSA) is 185 Å². The molecule has 0 heterocycles. The van der Waals surface area contributed by atoms with Gasteiger partial charge in [0.25, 0.3) is 0 Å². The van der Waals surface area contributed by atoms with Crippen LogP contribution in [0, 0.1) is 0 Å². The number of hydrogen-bond acceptors (Lipinski definition) is 10. The standard InChI is InChI=1S/C20H14N2O8S2.Cr.K/c23-18-9-11(31(25,26)27)8-15-12(18)6-3-7-16(15)21-22-17-10-19(32(28,29)30)13-4-1-2-5-14(13)20(17)24;;/h1-10,23-24H,(H,25,26,27)(H,28,29,30);;/q;+3;+1/p-4. The predicted molar refractivity (Wildman–Crippen MR) is 107 cm³/mol. The number of nitrogens with zero attached hydrogens (tertiary/aromatic N) is 2. The van der Waals surface area contributed by atoms with Gasteiger partial charge in [0.15, 0.2) is 0 Å².